The van der Waals surface area contributed by atoms with Crippen LogP contribution in [0.4, 0.5) is 4.39 Å². The molecule has 1 amide bonds. The van der Waals surface area contributed by atoms with Crippen LogP contribution in [0.1, 0.15) is 36.9 Å². The molecule has 0 bridgehead atoms. The number of likely N-dealkylation sites (tertiary alicyclic amines) is 1. The monoisotopic (exact) mass is 279 g/mol. The summed E-state index contributed by atoms with van der Waals surface area (Å²) in [4.78, 5) is 25.0. The van der Waals surface area contributed by atoms with E-state index in [2.05, 4.69) is 0 Å². The van der Waals surface area contributed by atoms with Crippen LogP contribution in [0.15, 0.2) is 18.2 Å². The molecule has 2 atom stereocenters. The molecule has 1 heterocycles. The molecule has 0 spiro atoms. The lowest BCUT2D eigenvalue weighted by molar-refractivity contribution is -0.142. The average Bonchev–Trinajstić information content (AvgIpc) is 2.71. The number of benzene rings is 1. The lowest BCUT2D eigenvalue weighted by Crippen LogP contribution is -2.31. The number of carbonyl (C=O) groups is 2. The molecule has 1 aliphatic heterocycles. The second-order valence-corrected chi connectivity index (χ2v) is 5.19. The van der Waals surface area contributed by atoms with Crippen LogP contribution in [0, 0.1) is 18.7 Å². The van der Waals surface area contributed by atoms with E-state index in [1.807, 2.05) is 6.92 Å². The summed E-state index contributed by atoms with van der Waals surface area (Å²) in [5, 5.41) is 9.32. The third-order valence-corrected chi connectivity index (χ3v) is 3.74. The van der Waals surface area contributed by atoms with Gasteiger partial charge in [0.25, 0.3) is 0 Å². The first-order chi connectivity index (χ1) is 9.45. The van der Waals surface area contributed by atoms with Gasteiger partial charge in [-0.3, -0.25) is 9.59 Å². The predicted molar refractivity (Wildman–Crippen MR) is 71.6 cm³/mol. The third kappa shape index (κ3) is 2.53. The highest BCUT2D eigenvalue weighted by Crippen LogP contribution is 2.38. The first kappa shape index (κ1) is 14.5. The molecule has 108 valence electrons. The second-order valence-electron chi connectivity index (χ2n) is 5.19. The van der Waals surface area contributed by atoms with Crippen LogP contribution < -0.4 is 0 Å². The summed E-state index contributed by atoms with van der Waals surface area (Å²) in [6, 6.07) is 4.04. The molecule has 1 N–H and O–H groups in total. The zero-order valence-electron chi connectivity index (χ0n) is 11.6. The van der Waals surface area contributed by atoms with Gasteiger partial charge in [-0.2, -0.15) is 0 Å². The Balaban J connectivity index is 2.43. The number of aryl methyl sites for hydroxylation is 1. The molecule has 0 radical (unpaired) electrons. The summed E-state index contributed by atoms with van der Waals surface area (Å²) in [6.45, 7) is 4.09. The number of hydrogen-bond donors (Lipinski definition) is 1. The Labute approximate surface area is 117 Å². The van der Waals surface area contributed by atoms with Crippen LogP contribution >= 0.6 is 0 Å². The third-order valence-electron chi connectivity index (χ3n) is 3.74. The molecule has 0 aliphatic carbocycles. The highest BCUT2D eigenvalue weighted by molar-refractivity contribution is 5.87. The summed E-state index contributed by atoms with van der Waals surface area (Å²) >= 11 is 0. The van der Waals surface area contributed by atoms with Crippen molar-refractivity contribution < 1.29 is 19.1 Å². The molecule has 20 heavy (non-hydrogen) atoms. The Morgan fingerprint density at radius 1 is 1.50 bits per heavy atom. The number of hydrogen-bond acceptors (Lipinski definition) is 2. The van der Waals surface area contributed by atoms with E-state index >= 15 is 0 Å². The van der Waals surface area contributed by atoms with Gasteiger partial charge in [0, 0.05) is 13.0 Å². The summed E-state index contributed by atoms with van der Waals surface area (Å²) in [5.41, 5.74) is 1.15. The van der Waals surface area contributed by atoms with Crippen molar-refractivity contribution in [1.29, 1.82) is 0 Å². The molecule has 5 heteroatoms. The normalized spacial score (nSPS) is 22.4. The maximum Gasteiger partial charge on any atom is 0.309 e. The van der Waals surface area contributed by atoms with E-state index < -0.39 is 17.9 Å². The molecule has 1 aromatic carbocycles. The van der Waals surface area contributed by atoms with Gasteiger partial charge in [0.15, 0.2) is 0 Å². The van der Waals surface area contributed by atoms with E-state index in [0.717, 1.165) is 6.42 Å². The van der Waals surface area contributed by atoms with Crippen molar-refractivity contribution in [3.05, 3.63) is 35.1 Å². The largest absolute Gasteiger partial charge is 0.481 e. The second kappa shape index (κ2) is 5.61. The smallest absolute Gasteiger partial charge is 0.309 e. The van der Waals surface area contributed by atoms with Gasteiger partial charge in [-0.05, 0) is 30.5 Å². The first-order valence-corrected chi connectivity index (χ1v) is 6.74. The number of rotatable bonds is 4. The molecule has 1 fully saturated rings. The zero-order valence-corrected chi connectivity index (χ0v) is 11.6. The van der Waals surface area contributed by atoms with Gasteiger partial charge < -0.3 is 10.0 Å². The Hall–Kier alpha value is -1.91. The number of carboxylic acids is 1. The molecular formula is C15H18FNO3. The Kier molecular flexibility index (Phi) is 4.06. The molecule has 1 saturated heterocycles. The number of carboxylic acid groups (broad SMARTS) is 1. The summed E-state index contributed by atoms with van der Waals surface area (Å²) in [6.07, 6.45) is 0.769. The quantitative estimate of drug-likeness (QED) is 0.921. The number of amides is 1. The Morgan fingerprint density at radius 3 is 2.75 bits per heavy atom. The van der Waals surface area contributed by atoms with Crippen LogP contribution in [0.25, 0.3) is 0 Å². The average molecular weight is 279 g/mol. The van der Waals surface area contributed by atoms with Crippen molar-refractivity contribution in [3.63, 3.8) is 0 Å². The highest BCUT2D eigenvalue weighted by Gasteiger charge is 2.44. The molecular weight excluding hydrogens is 261 g/mol. The van der Waals surface area contributed by atoms with Crippen LogP contribution in [0.3, 0.4) is 0 Å². The standard InChI is InChI=1S/C15H18FNO3/c1-3-6-17-13(18)8-11(15(19)20)14(17)10-4-5-12(16)9(2)7-10/h4-5,7,11,14H,3,6,8H2,1-2H3,(H,19,20). The molecule has 0 saturated carbocycles. The molecule has 2 unspecified atom stereocenters. The number of nitrogens with zero attached hydrogens (tertiary/aromatic N) is 1. The van der Waals surface area contributed by atoms with Gasteiger partial charge in [-0.25, -0.2) is 4.39 Å². The van der Waals surface area contributed by atoms with E-state index in [0.29, 0.717) is 17.7 Å². The Bertz CT molecular complexity index is 544. The van der Waals surface area contributed by atoms with Crippen molar-refractivity contribution in [2.75, 3.05) is 6.54 Å². The van der Waals surface area contributed by atoms with E-state index in [4.69, 9.17) is 0 Å². The van der Waals surface area contributed by atoms with Crippen LogP contribution in [-0.4, -0.2) is 28.4 Å². The topological polar surface area (TPSA) is 57.6 Å². The van der Waals surface area contributed by atoms with E-state index in [-0.39, 0.29) is 18.1 Å². The minimum atomic E-state index is -0.982. The minimum Gasteiger partial charge on any atom is -0.481 e. The lowest BCUT2D eigenvalue weighted by atomic mass is 9.92. The highest BCUT2D eigenvalue weighted by atomic mass is 19.1. The maximum absolute atomic E-state index is 13.4. The van der Waals surface area contributed by atoms with Gasteiger partial charge >= 0.3 is 5.97 Å². The van der Waals surface area contributed by atoms with Crippen LogP contribution in [-0.2, 0) is 9.59 Å². The predicted octanol–water partition coefficient (Wildman–Crippen LogP) is 2.52. The molecule has 1 aliphatic rings. The number of carbonyl (C=O) groups excluding carboxylic acids is 1. The number of aliphatic carboxylic acids is 1. The molecule has 4 nitrogen and oxygen atoms in total. The Morgan fingerprint density at radius 2 is 2.20 bits per heavy atom. The van der Waals surface area contributed by atoms with Gasteiger partial charge in [0.2, 0.25) is 5.91 Å². The minimum absolute atomic E-state index is 0.0103. The van der Waals surface area contributed by atoms with Gasteiger partial charge in [-0.15, -0.1) is 0 Å². The molecule has 1 aromatic rings. The van der Waals surface area contributed by atoms with E-state index in [1.165, 1.54) is 6.07 Å². The van der Waals surface area contributed by atoms with Crippen LogP contribution in [0.2, 0.25) is 0 Å². The number of halogens is 1. The van der Waals surface area contributed by atoms with Crippen molar-refractivity contribution in [2.24, 2.45) is 5.92 Å². The van der Waals surface area contributed by atoms with E-state index in [1.54, 1.807) is 24.0 Å². The van der Waals surface area contributed by atoms with Gasteiger partial charge in [-0.1, -0.05) is 19.1 Å². The summed E-state index contributed by atoms with van der Waals surface area (Å²) in [5.74, 6) is -2.22. The fraction of sp³-hybridized carbons (Fsp3) is 0.467. The lowest BCUT2D eigenvalue weighted by Gasteiger charge is -2.27. The maximum atomic E-state index is 13.4. The summed E-state index contributed by atoms with van der Waals surface area (Å²) < 4.78 is 13.4. The van der Waals surface area contributed by atoms with Crippen molar-refractivity contribution in [1.82, 2.24) is 4.90 Å². The summed E-state index contributed by atoms with van der Waals surface area (Å²) in [7, 11) is 0. The van der Waals surface area contributed by atoms with Crippen molar-refractivity contribution in [3.8, 4) is 0 Å². The molecule has 2 rings (SSSR count). The van der Waals surface area contributed by atoms with Gasteiger partial charge in [0.1, 0.15) is 5.82 Å². The fourth-order valence-corrected chi connectivity index (χ4v) is 2.78. The van der Waals surface area contributed by atoms with E-state index in [9.17, 15) is 19.1 Å². The van der Waals surface area contributed by atoms with Crippen LogP contribution in [0.5, 0.6) is 0 Å². The van der Waals surface area contributed by atoms with Crippen molar-refractivity contribution >= 4 is 11.9 Å². The first-order valence-electron chi connectivity index (χ1n) is 6.74. The molecule has 0 aromatic heterocycles. The zero-order chi connectivity index (χ0) is 14.9. The fourth-order valence-electron chi connectivity index (χ4n) is 2.78. The van der Waals surface area contributed by atoms with Crippen molar-refractivity contribution in [2.45, 2.75) is 32.7 Å². The SMILES string of the molecule is CCCN1C(=O)CC(C(=O)O)C1c1ccc(F)c(C)c1. The van der Waals surface area contributed by atoms with Gasteiger partial charge in [0.05, 0.1) is 12.0 Å².